The predicted octanol–water partition coefficient (Wildman–Crippen LogP) is 2.69. The first kappa shape index (κ1) is 21.1. The molecule has 0 bridgehead atoms. The molecule has 2 aliphatic rings. The fraction of sp³-hybridized carbons (Fsp3) is 0.217. The number of fused-ring (bicyclic) bond motifs is 2. The lowest BCUT2D eigenvalue weighted by Gasteiger charge is -2.15. The van der Waals surface area contributed by atoms with E-state index in [1.54, 1.807) is 30.5 Å². The van der Waals surface area contributed by atoms with E-state index in [-0.39, 0.29) is 36.6 Å². The number of thioether (sulfide) groups is 1. The van der Waals surface area contributed by atoms with Gasteiger partial charge in [0.05, 0.1) is 16.7 Å². The van der Waals surface area contributed by atoms with E-state index in [1.165, 1.54) is 6.07 Å². The largest absolute Gasteiger partial charge is 0.457 e. The van der Waals surface area contributed by atoms with Crippen LogP contribution in [-0.4, -0.2) is 53.0 Å². The van der Waals surface area contributed by atoms with Crippen LogP contribution in [0.1, 0.15) is 16.8 Å². The summed E-state index contributed by atoms with van der Waals surface area (Å²) >= 11 is 1.03. The summed E-state index contributed by atoms with van der Waals surface area (Å²) in [4.78, 5) is 53.9. The summed E-state index contributed by atoms with van der Waals surface area (Å²) in [6, 6.07) is 11.9. The van der Waals surface area contributed by atoms with Gasteiger partial charge in [-0.3, -0.25) is 19.2 Å². The molecule has 33 heavy (non-hydrogen) atoms. The molecule has 1 N–H and O–H groups in total. The topological polar surface area (TPSA) is 115 Å². The third-order valence-electron chi connectivity index (χ3n) is 5.36. The number of Topliss-reactive ketones (excluding diaryl/α,β-unsaturated/α-hetero) is 1. The number of amides is 2. The SMILES string of the molecule is O=C(CSC1CC(=O)N(c2ccc3cc[nH]c3c2)C1=O)OCC(=O)c1ccc2c(c1)OCO2. The number of nitrogens with zero attached hydrogens (tertiary/aromatic N) is 1. The molecule has 10 heteroatoms. The van der Waals surface area contributed by atoms with Crippen LogP contribution in [0.3, 0.4) is 0 Å². The van der Waals surface area contributed by atoms with Gasteiger partial charge in [0.15, 0.2) is 23.9 Å². The molecule has 0 spiro atoms. The molecule has 1 fully saturated rings. The average Bonchev–Trinajstić information content (AvgIpc) is 3.53. The van der Waals surface area contributed by atoms with E-state index in [9.17, 15) is 19.2 Å². The monoisotopic (exact) mass is 466 g/mol. The molecule has 3 aromatic rings. The normalized spacial score (nSPS) is 17.1. The van der Waals surface area contributed by atoms with Crippen molar-refractivity contribution in [3.05, 3.63) is 54.2 Å². The van der Waals surface area contributed by atoms with Crippen molar-refractivity contribution in [2.45, 2.75) is 11.7 Å². The highest BCUT2D eigenvalue weighted by molar-refractivity contribution is 8.01. The molecular weight excluding hydrogens is 448 g/mol. The van der Waals surface area contributed by atoms with Crippen LogP contribution in [0.15, 0.2) is 48.7 Å². The number of hydrogen-bond donors (Lipinski definition) is 1. The van der Waals surface area contributed by atoms with Gasteiger partial charge in [0.25, 0.3) is 0 Å². The van der Waals surface area contributed by atoms with Crippen LogP contribution in [0, 0.1) is 0 Å². The zero-order valence-electron chi connectivity index (χ0n) is 17.2. The van der Waals surface area contributed by atoms with E-state index in [0.29, 0.717) is 22.7 Å². The lowest BCUT2D eigenvalue weighted by atomic mass is 10.1. The summed E-state index contributed by atoms with van der Waals surface area (Å²) in [5.41, 5.74) is 1.64. The quantitative estimate of drug-likeness (QED) is 0.321. The summed E-state index contributed by atoms with van der Waals surface area (Å²) in [5.74, 6) is -0.855. The number of esters is 1. The Morgan fingerprint density at radius 1 is 1.09 bits per heavy atom. The van der Waals surface area contributed by atoms with Gasteiger partial charge < -0.3 is 19.2 Å². The van der Waals surface area contributed by atoms with E-state index < -0.39 is 17.8 Å². The molecule has 1 atom stereocenters. The smallest absolute Gasteiger partial charge is 0.316 e. The van der Waals surface area contributed by atoms with Crippen LogP contribution in [0.4, 0.5) is 5.69 Å². The number of ketones is 1. The maximum absolute atomic E-state index is 12.8. The molecule has 1 unspecified atom stereocenters. The minimum atomic E-state index is -0.686. The molecule has 9 nitrogen and oxygen atoms in total. The number of H-pyrrole nitrogens is 1. The van der Waals surface area contributed by atoms with Crippen molar-refractivity contribution in [3.8, 4) is 11.5 Å². The van der Waals surface area contributed by atoms with Gasteiger partial charge in [0, 0.05) is 23.7 Å². The van der Waals surface area contributed by atoms with Crippen molar-refractivity contribution in [2.75, 3.05) is 24.1 Å². The molecule has 1 aromatic heterocycles. The first-order chi connectivity index (χ1) is 16.0. The van der Waals surface area contributed by atoms with E-state index >= 15 is 0 Å². The minimum Gasteiger partial charge on any atom is -0.457 e. The summed E-state index contributed by atoms with van der Waals surface area (Å²) in [6.07, 6.45) is 1.78. The number of ether oxygens (including phenoxy) is 3. The van der Waals surface area contributed by atoms with Crippen LogP contribution in [-0.2, 0) is 19.1 Å². The maximum Gasteiger partial charge on any atom is 0.316 e. The second-order valence-electron chi connectivity index (χ2n) is 7.47. The second kappa shape index (κ2) is 8.62. The molecule has 3 heterocycles. The van der Waals surface area contributed by atoms with Gasteiger partial charge in [0.2, 0.25) is 18.6 Å². The average molecular weight is 466 g/mol. The number of anilines is 1. The lowest BCUT2D eigenvalue weighted by molar-refractivity contribution is -0.139. The molecule has 0 radical (unpaired) electrons. The van der Waals surface area contributed by atoms with Gasteiger partial charge in [0.1, 0.15) is 0 Å². The van der Waals surface area contributed by atoms with Crippen LogP contribution in [0.2, 0.25) is 0 Å². The summed E-state index contributed by atoms with van der Waals surface area (Å²) < 4.78 is 15.5. The molecule has 0 aliphatic carbocycles. The highest BCUT2D eigenvalue weighted by Gasteiger charge is 2.40. The number of carbonyl (C=O) groups excluding carboxylic acids is 4. The molecule has 5 rings (SSSR count). The Kier molecular flexibility index (Phi) is 5.51. The second-order valence-corrected chi connectivity index (χ2v) is 8.66. The Balaban J connectivity index is 1.14. The Morgan fingerprint density at radius 3 is 2.82 bits per heavy atom. The number of aromatic amines is 1. The van der Waals surface area contributed by atoms with Crippen molar-refractivity contribution < 1.29 is 33.4 Å². The lowest BCUT2D eigenvalue weighted by Crippen LogP contribution is -2.31. The number of imide groups is 1. The number of rotatable bonds is 7. The third-order valence-corrected chi connectivity index (χ3v) is 6.54. The van der Waals surface area contributed by atoms with Crippen molar-refractivity contribution in [2.24, 2.45) is 0 Å². The van der Waals surface area contributed by atoms with Crippen molar-refractivity contribution in [3.63, 3.8) is 0 Å². The zero-order chi connectivity index (χ0) is 22.9. The fourth-order valence-corrected chi connectivity index (χ4v) is 4.62. The van der Waals surface area contributed by atoms with Gasteiger partial charge in [-0.15, -0.1) is 11.8 Å². The van der Waals surface area contributed by atoms with Gasteiger partial charge in [-0.05, 0) is 41.8 Å². The van der Waals surface area contributed by atoms with Crippen LogP contribution >= 0.6 is 11.8 Å². The molecule has 168 valence electrons. The van der Waals surface area contributed by atoms with Crippen molar-refractivity contribution >= 4 is 51.9 Å². The molecule has 2 aliphatic heterocycles. The van der Waals surface area contributed by atoms with E-state index in [2.05, 4.69) is 4.98 Å². The van der Waals surface area contributed by atoms with Crippen LogP contribution in [0.25, 0.3) is 10.9 Å². The number of carbonyl (C=O) groups is 4. The van der Waals surface area contributed by atoms with Crippen molar-refractivity contribution in [1.82, 2.24) is 4.98 Å². The first-order valence-corrected chi connectivity index (χ1v) is 11.2. The van der Waals surface area contributed by atoms with Crippen LogP contribution in [0.5, 0.6) is 11.5 Å². The maximum atomic E-state index is 12.8. The zero-order valence-corrected chi connectivity index (χ0v) is 18.1. The number of hydrogen-bond acceptors (Lipinski definition) is 8. The predicted molar refractivity (Wildman–Crippen MR) is 120 cm³/mol. The molecule has 1 saturated heterocycles. The molecule has 2 amide bonds. The Morgan fingerprint density at radius 2 is 1.94 bits per heavy atom. The first-order valence-electron chi connectivity index (χ1n) is 10.1. The minimum absolute atomic E-state index is 0.00430. The van der Waals surface area contributed by atoms with E-state index in [4.69, 9.17) is 14.2 Å². The number of aromatic nitrogens is 1. The van der Waals surface area contributed by atoms with Gasteiger partial charge in [-0.1, -0.05) is 6.07 Å². The molecular formula is C23H18N2O7S. The van der Waals surface area contributed by atoms with Gasteiger partial charge in [-0.2, -0.15) is 0 Å². The Hall–Kier alpha value is -3.79. The number of nitrogens with one attached hydrogen (secondary N) is 1. The van der Waals surface area contributed by atoms with Crippen molar-refractivity contribution in [1.29, 1.82) is 0 Å². The number of benzene rings is 2. The molecule has 2 aromatic carbocycles. The van der Waals surface area contributed by atoms with E-state index in [1.807, 2.05) is 12.1 Å². The fourth-order valence-electron chi connectivity index (χ4n) is 3.69. The molecule has 0 saturated carbocycles. The third kappa shape index (κ3) is 4.17. The Bertz CT molecular complexity index is 1280. The van der Waals surface area contributed by atoms with Crippen LogP contribution < -0.4 is 14.4 Å². The van der Waals surface area contributed by atoms with Gasteiger partial charge >= 0.3 is 5.97 Å². The van der Waals surface area contributed by atoms with Gasteiger partial charge in [-0.25, -0.2) is 4.90 Å². The summed E-state index contributed by atoms with van der Waals surface area (Å²) in [5, 5.41) is 0.288. The summed E-state index contributed by atoms with van der Waals surface area (Å²) in [7, 11) is 0. The standard InChI is InChI=1S/C23H18N2O7S/c26-17(14-2-4-18-19(7-14)32-12-31-18)10-30-22(28)11-33-20-9-21(27)25(23(20)29)15-3-1-13-5-6-24-16(13)8-15/h1-8,20,24H,9-12H2. The Labute approximate surface area is 192 Å². The highest BCUT2D eigenvalue weighted by Crippen LogP contribution is 2.33. The summed E-state index contributed by atoms with van der Waals surface area (Å²) in [6.45, 7) is -0.335. The van der Waals surface area contributed by atoms with E-state index in [0.717, 1.165) is 27.6 Å². The highest BCUT2D eigenvalue weighted by atomic mass is 32.2.